The van der Waals surface area contributed by atoms with E-state index < -0.39 is 12.1 Å². The summed E-state index contributed by atoms with van der Waals surface area (Å²) in [6, 6.07) is 4.38. The smallest absolute Gasteiger partial charge is 0.254 e. The molecule has 38 heavy (non-hydrogen) atoms. The summed E-state index contributed by atoms with van der Waals surface area (Å²) in [6.07, 6.45) is 6.66. The first kappa shape index (κ1) is 31.6. The van der Waals surface area contributed by atoms with E-state index >= 15 is 0 Å². The SMILES string of the molecule is CCCCNC(=O)C(C)CC(O)C1C[C@H](C)CCCCCN(CCC)C(=O)c2cc(OC)cc(c2)C(=O)N1. The third-order valence-electron chi connectivity index (χ3n) is 7.37. The Morgan fingerprint density at radius 3 is 2.58 bits per heavy atom. The van der Waals surface area contributed by atoms with Gasteiger partial charge in [-0.15, -0.1) is 0 Å². The van der Waals surface area contributed by atoms with Crippen LogP contribution in [0.5, 0.6) is 5.75 Å². The van der Waals surface area contributed by atoms with Gasteiger partial charge < -0.3 is 25.4 Å². The summed E-state index contributed by atoms with van der Waals surface area (Å²) in [6.45, 7) is 10.0. The van der Waals surface area contributed by atoms with E-state index in [-0.39, 0.29) is 36.0 Å². The summed E-state index contributed by atoms with van der Waals surface area (Å²) >= 11 is 0. The lowest BCUT2D eigenvalue weighted by atomic mass is 9.89. The van der Waals surface area contributed by atoms with Crippen molar-refractivity contribution in [3.8, 4) is 5.75 Å². The monoisotopic (exact) mass is 531 g/mol. The van der Waals surface area contributed by atoms with Gasteiger partial charge in [-0.3, -0.25) is 14.4 Å². The number of hydrogen-bond donors (Lipinski definition) is 3. The maximum absolute atomic E-state index is 13.4. The van der Waals surface area contributed by atoms with Crippen molar-refractivity contribution in [1.29, 1.82) is 0 Å². The van der Waals surface area contributed by atoms with Crippen LogP contribution < -0.4 is 15.4 Å². The van der Waals surface area contributed by atoms with E-state index in [2.05, 4.69) is 31.4 Å². The number of unbranched alkanes of at least 4 members (excludes halogenated alkanes) is 1. The average Bonchev–Trinajstić information content (AvgIpc) is 2.90. The number of benzene rings is 1. The molecule has 2 bridgehead atoms. The molecule has 2 rings (SSSR count). The predicted molar refractivity (Wildman–Crippen MR) is 150 cm³/mol. The average molecular weight is 532 g/mol. The first-order valence-electron chi connectivity index (χ1n) is 14.4. The number of amides is 3. The van der Waals surface area contributed by atoms with Crippen LogP contribution in [-0.2, 0) is 4.79 Å². The van der Waals surface area contributed by atoms with E-state index in [0.717, 1.165) is 44.9 Å². The van der Waals surface area contributed by atoms with Crippen LogP contribution in [0, 0.1) is 11.8 Å². The molecule has 1 aliphatic rings. The molecule has 3 N–H and O–H groups in total. The minimum absolute atomic E-state index is 0.0819. The second-order valence-corrected chi connectivity index (χ2v) is 10.9. The predicted octanol–water partition coefficient (Wildman–Crippen LogP) is 4.55. The van der Waals surface area contributed by atoms with Crippen molar-refractivity contribution in [3.05, 3.63) is 29.3 Å². The van der Waals surface area contributed by atoms with E-state index in [1.54, 1.807) is 18.2 Å². The Morgan fingerprint density at radius 1 is 1.16 bits per heavy atom. The lowest BCUT2D eigenvalue weighted by Crippen LogP contribution is -2.46. The van der Waals surface area contributed by atoms with E-state index in [1.165, 1.54) is 7.11 Å². The zero-order valence-corrected chi connectivity index (χ0v) is 24.1. The fourth-order valence-corrected chi connectivity index (χ4v) is 5.02. The largest absolute Gasteiger partial charge is 0.497 e. The number of aliphatic hydroxyl groups is 1. The van der Waals surface area contributed by atoms with Gasteiger partial charge in [0.2, 0.25) is 5.91 Å². The van der Waals surface area contributed by atoms with Crippen molar-refractivity contribution in [2.45, 2.75) is 97.6 Å². The van der Waals surface area contributed by atoms with Crippen LogP contribution in [0.2, 0.25) is 0 Å². The van der Waals surface area contributed by atoms with Gasteiger partial charge in [0.25, 0.3) is 11.8 Å². The summed E-state index contributed by atoms with van der Waals surface area (Å²) in [5.74, 6) is -0.223. The Balaban J connectivity index is 2.30. The number of carbonyl (C=O) groups is 3. The number of fused-ring (bicyclic) bond motifs is 2. The number of nitrogens with one attached hydrogen (secondary N) is 2. The third kappa shape index (κ3) is 9.93. The number of carbonyl (C=O) groups excluding carboxylic acids is 3. The van der Waals surface area contributed by atoms with E-state index in [1.807, 2.05) is 11.8 Å². The van der Waals surface area contributed by atoms with E-state index in [0.29, 0.717) is 42.9 Å². The molecule has 0 spiro atoms. The molecule has 4 atom stereocenters. The molecule has 8 nitrogen and oxygen atoms in total. The minimum atomic E-state index is -0.879. The van der Waals surface area contributed by atoms with Crippen molar-refractivity contribution in [3.63, 3.8) is 0 Å². The van der Waals surface area contributed by atoms with Gasteiger partial charge >= 0.3 is 0 Å². The highest BCUT2D eigenvalue weighted by atomic mass is 16.5. The van der Waals surface area contributed by atoms with Crippen molar-refractivity contribution >= 4 is 17.7 Å². The molecule has 1 aromatic carbocycles. The second-order valence-electron chi connectivity index (χ2n) is 10.9. The van der Waals surface area contributed by atoms with E-state index in [4.69, 9.17) is 4.74 Å². The molecule has 3 amide bonds. The number of rotatable bonds is 10. The van der Waals surface area contributed by atoms with Crippen molar-refractivity contribution in [2.24, 2.45) is 11.8 Å². The number of ether oxygens (including phenoxy) is 1. The standard InChI is InChI=1S/C30H49N3O5/c1-6-8-13-31-28(35)22(4)17-27(34)26-16-21(3)12-10-9-11-15-33(14-7-2)30(37)24-18-23(29(36)32-26)19-25(20-24)38-5/h18-22,26-27,34H,6-17H2,1-5H3,(H,31,35)(H,32,36)/t21-,22?,26?,27?/m1/s1. The number of nitrogens with zero attached hydrogens (tertiary/aromatic N) is 1. The molecule has 0 radical (unpaired) electrons. The van der Waals surface area contributed by atoms with Gasteiger partial charge in [0.15, 0.2) is 0 Å². The molecule has 1 heterocycles. The summed E-state index contributed by atoms with van der Waals surface area (Å²) in [5, 5.41) is 17.1. The van der Waals surface area contributed by atoms with E-state index in [9.17, 15) is 19.5 Å². The summed E-state index contributed by atoms with van der Waals surface area (Å²) in [4.78, 5) is 41.2. The van der Waals surface area contributed by atoms with Crippen LogP contribution in [0.4, 0.5) is 0 Å². The third-order valence-corrected chi connectivity index (χ3v) is 7.37. The molecular weight excluding hydrogens is 482 g/mol. The Labute approximate surface area is 228 Å². The van der Waals surface area contributed by atoms with Crippen LogP contribution in [-0.4, -0.2) is 66.6 Å². The van der Waals surface area contributed by atoms with Crippen molar-refractivity contribution < 1.29 is 24.2 Å². The number of methoxy groups -OCH3 is 1. The summed E-state index contributed by atoms with van der Waals surface area (Å²) < 4.78 is 5.42. The van der Waals surface area contributed by atoms with Gasteiger partial charge in [-0.05, 0) is 56.2 Å². The zero-order valence-electron chi connectivity index (χ0n) is 24.1. The van der Waals surface area contributed by atoms with Crippen LogP contribution >= 0.6 is 0 Å². The van der Waals surface area contributed by atoms with Gasteiger partial charge in [0, 0.05) is 36.7 Å². The molecule has 0 aromatic heterocycles. The zero-order chi connectivity index (χ0) is 28.1. The summed E-state index contributed by atoms with van der Waals surface area (Å²) in [7, 11) is 1.51. The molecule has 214 valence electrons. The molecule has 0 saturated heterocycles. The minimum Gasteiger partial charge on any atom is -0.497 e. The fourth-order valence-electron chi connectivity index (χ4n) is 5.02. The maximum atomic E-state index is 13.4. The molecule has 0 saturated carbocycles. The van der Waals surface area contributed by atoms with Gasteiger partial charge in [-0.2, -0.15) is 0 Å². The van der Waals surface area contributed by atoms with Gasteiger partial charge in [-0.1, -0.05) is 53.4 Å². The molecule has 3 unspecified atom stereocenters. The first-order chi connectivity index (χ1) is 18.2. The molecule has 0 aliphatic carbocycles. The second kappa shape index (κ2) is 16.4. The molecular formula is C30H49N3O5. The highest BCUT2D eigenvalue weighted by molar-refractivity contribution is 6.00. The molecule has 8 heteroatoms. The van der Waals surface area contributed by atoms with Crippen LogP contribution in [0.15, 0.2) is 18.2 Å². The molecule has 1 aliphatic heterocycles. The highest BCUT2D eigenvalue weighted by Crippen LogP contribution is 2.23. The molecule has 0 fully saturated rings. The van der Waals surface area contributed by atoms with Gasteiger partial charge in [0.05, 0.1) is 19.3 Å². The first-order valence-corrected chi connectivity index (χ1v) is 14.4. The normalized spacial score (nSPS) is 21.1. The van der Waals surface area contributed by atoms with Crippen LogP contribution in [0.25, 0.3) is 0 Å². The quantitative estimate of drug-likeness (QED) is 0.384. The van der Waals surface area contributed by atoms with Crippen LogP contribution in [0.1, 0.15) is 106 Å². The lowest BCUT2D eigenvalue weighted by molar-refractivity contribution is -0.125. The van der Waals surface area contributed by atoms with Gasteiger partial charge in [-0.25, -0.2) is 0 Å². The fraction of sp³-hybridized carbons (Fsp3) is 0.700. The van der Waals surface area contributed by atoms with Gasteiger partial charge in [0.1, 0.15) is 5.75 Å². The Kier molecular flexibility index (Phi) is 13.6. The maximum Gasteiger partial charge on any atom is 0.254 e. The van der Waals surface area contributed by atoms with Crippen LogP contribution in [0.3, 0.4) is 0 Å². The lowest BCUT2D eigenvalue weighted by Gasteiger charge is -2.28. The number of hydrogen-bond acceptors (Lipinski definition) is 5. The topological polar surface area (TPSA) is 108 Å². The Hall–Kier alpha value is -2.61. The Bertz CT molecular complexity index is 906. The summed E-state index contributed by atoms with van der Waals surface area (Å²) in [5.41, 5.74) is 0.731. The van der Waals surface area contributed by atoms with Crippen molar-refractivity contribution in [2.75, 3.05) is 26.7 Å². The molecule has 1 aromatic rings. The Morgan fingerprint density at radius 2 is 1.89 bits per heavy atom. The van der Waals surface area contributed by atoms with Crippen molar-refractivity contribution in [1.82, 2.24) is 15.5 Å². The number of aliphatic hydroxyl groups excluding tert-OH is 1. The highest BCUT2D eigenvalue weighted by Gasteiger charge is 2.28.